The van der Waals surface area contributed by atoms with Crippen molar-refractivity contribution >= 4 is 0 Å². The summed E-state index contributed by atoms with van der Waals surface area (Å²) in [6, 6.07) is 21.2. The van der Waals surface area contributed by atoms with Gasteiger partial charge < -0.3 is 24.1 Å². The lowest BCUT2D eigenvalue weighted by atomic mass is 9.92. The van der Waals surface area contributed by atoms with Gasteiger partial charge in [0.2, 0.25) is 5.60 Å². The Morgan fingerprint density at radius 2 is 1.60 bits per heavy atom. The van der Waals surface area contributed by atoms with Gasteiger partial charge in [0.1, 0.15) is 18.3 Å². The van der Waals surface area contributed by atoms with Crippen molar-refractivity contribution in [3.8, 4) is 6.07 Å². The maximum absolute atomic E-state index is 11.2. The molecule has 6 nitrogen and oxygen atoms in total. The van der Waals surface area contributed by atoms with E-state index in [-0.39, 0.29) is 25.9 Å². The van der Waals surface area contributed by atoms with Gasteiger partial charge in [0, 0.05) is 0 Å². The van der Waals surface area contributed by atoms with Crippen LogP contribution in [0.4, 0.5) is 0 Å². The zero-order chi connectivity index (χ0) is 21.6. The van der Waals surface area contributed by atoms with Gasteiger partial charge in [-0.2, -0.15) is 5.26 Å². The number of rotatable bonds is 9. The Kier molecular flexibility index (Phi) is 7.24. The van der Waals surface area contributed by atoms with Gasteiger partial charge >= 0.3 is 0 Å². The highest BCUT2D eigenvalue weighted by atomic mass is 16.8. The largest absolute Gasteiger partial charge is 0.373 e. The van der Waals surface area contributed by atoms with Crippen LogP contribution in [0.1, 0.15) is 31.9 Å². The molecule has 0 radical (unpaired) electrons. The summed E-state index contributed by atoms with van der Waals surface area (Å²) in [7, 11) is 0. The lowest BCUT2D eigenvalue weighted by molar-refractivity contribution is -0.192. The van der Waals surface area contributed by atoms with Crippen molar-refractivity contribution in [2.45, 2.75) is 63.7 Å². The van der Waals surface area contributed by atoms with Crippen molar-refractivity contribution in [2.75, 3.05) is 6.61 Å². The van der Waals surface area contributed by atoms with Crippen LogP contribution in [-0.4, -0.2) is 41.4 Å². The molecule has 2 aromatic carbocycles. The molecule has 2 aromatic rings. The second-order valence-electron chi connectivity index (χ2n) is 8.04. The summed E-state index contributed by atoms with van der Waals surface area (Å²) in [5.74, 6) is -0.834. The third-order valence-corrected chi connectivity index (χ3v) is 5.02. The minimum Gasteiger partial charge on any atom is -0.373 e. The molecule has 0 aliphatic carbocycles. The normalized spacial score (nSPS) is 23.4. The summed E-state index contributed by atoms with van der Waals surface area (Å²) in [6.45, 7) is 5.73. The Morgan fingerprint density at radius 1 is 1.03 bits per heavy atom. The van der Waals surface area contributed by atoms with E-state index in [4.69, 9.17) is 18.9 Å². The first-order valence-electron chi connectivity index (χ1n) is 10.1. The molecule has 3 unspecified atom stereocenters. The van der Waals surface area contributed by atoms with Crippen LogP contribution in [0.25, 0.3) is 0 Å². The molecule has 1 heterocycles. The number of benzene rings is 2. The van der Waals surface area contributed by atoms with E-state index in [0.29, 0.717) is 0 Å². The first kappa shape index (κ1) is 22.4. The van der Waals surface area contributed by atoms with Gasteiger partial charge in [-0.25, -0.2) is 0 Å². The number of hydrogen-bond donors (Lipinski definition) is 1. The molecular weight excluding hydrogens is 382 g/mol. The van der Waals surface area contributed by atoms with E-state index in [1.54, 1.807) is 13.8 Å². The second kappa shape index (κ2) is 9.69. The summed E-state index contributed by atoms with van der Waals surface area (Å²) in [6.07, 6.45) is -1.96. The monoisotopic (exact) mass is 411 g/mol. The minimum atomic E-state index is -1.91. The van der Waals surface area contributed by atoms with Gasteiger partial charge in [-0.1, -0.05) is 60.7 Å². The van der Waals surface area contributed by atoms with Crippen LogP contribution < -0.4 is 0 Å². The molecule has 0 amide bonds. The summed E-state index contributed by atoms with van der Waals surface area (Å²) in [5, 5.41) is 21.1. The van der Waals surface area contributed by atoms with Crippen molar-refractivity contribution in [3.05, 3.63) is 71.8 Å². The van der Waals surface area contributed by atoms with Gasteiger partial charge in [0.25, 0.3) is 0 Å². The van der Waals surface area contributed by atoms with Crippen molar-refractivity contribution < 1.29 is 24.1 Å². The van der Waals surface area contributed by atoms with Crippen molar-refractivity contribution in [1.29, 1.82) is 5.26 Å². The number of aliphatic hydroxyl groups is 1. The molecule has 0 spiro atoms. The van der Waals surface area contributed by atoms with Crippen molar-refractivity contribution in [2.24, 2.45) is 0 Å². The van der Waals surface area contributed by atoms with Crippen LogP contribution in [0.15, 0.2) is 60.7 Å². The van der Waals surface area contributed by atoms with E-state index in [9.17, 15) is 10.4 Å². The van der Waals surface area contributed by atoms with Crippen LogP contribution in [-0.2, 0) is 32.2 Å². The maximum Gasteiger partial charge on any atom is 0.203 e. The first-order valence-corrected chi connectivity index (χ1v) is 10.1. The average Bonchev–Trinajstić information content (AvgIpc) is 3.01. The molecule has 0 aromatic heterocycles. The van der Waals surface area contributed by atoms with E-state index in [1.165, 1.54) is 0 Å². The fraction of sp³-hybridized carbons (Fsp3) is 0.458. The quantitative estimate of drug-likeness (QED) is 0.635. The predicted octanol–water partition coefficient (Wildman–Crippen LogP) is 3.58. The highest BCUT2D eigenvalue weighted by Crippen LogP contribution is 2.35. The summed E-state index contributed by atoms with van der Waals surface area (Å²) >= 11 is 0. The zero-order valence-corrected chi connectivity index (χ0v) is 17.7. The number of ether oxygens (including phenoxy) is 4. The summed E-state index contributed by atoms with van der Waals surface area (Å²) in [4.78, 5) is 0. The molecule has 4 atom stereocenters. The van der Waals surface area contributed by atoms with Crippen molar-refractivity contribution in [1.82, 2.24) is 0 Å². The number of nitriles is 1. The Balaban J connectivity index is 1.76. The van der Waals surface area contributed by atoms with E-state index >= 15 is 0 Å². The molecule has 3 rings (SSSR count). The molecule has 1 aliphatic heterocycles. The SMILES string of the molecule is C[C@@H]1OC(C)(C)OC1C(OCc1ccccc1)C(O)(C#N)COCc1ccccc1. The maximum atomic E-state index is 11.2. The molecule has 0 bridgehead atoms. The molecule has 1 aliphatic rings. The fourth-order valence-electron chi connectivity index (χ4n) is 3.62. The van der Waals surface area contributed by atoms with Crippen LogP contribution in [0.5, 0.6) is 0 Å². The van der Waals surface area contributed by atoms with Gasteiger partial charge in [-0.3, -0.25) is 0 Å². The van der Waals surface area contributed by atoms with Gasteiger partial charge in [0.05, 0.1) is 25.9 Å². The molecule has 1 saturated heterocycles. The third kappa shape index (κ3) is 5.66. The Hall–Kier alpha value is -2.27. The zero-order valence-electron chi connectivity index (χ0n) is 17.7. The van der Waals surface area contributed by atoms with E-state index in [0.717, 1.165) is 11.1 Å². The van der Waals surface area contributed by atoms with Crippen molar-refractivity contribution in [3.63, 3.8) is 0 Å². The molecule has 160 valence electrons. The minimum absolute atomic E-state index is 0.217. The average molecular weight is 411 g/mol. The molecule has 1 N–H and O–H groups in total. The Bertz CT molecular complexity index is 836. The van der Waals surface area contributed by atoms with Gasteiger partial charge in [-0.15, -0.1) is 0 Å². The van der Waals surface area contributed by atoms with Crippen LogP contribution in [0.2, 0.25) is 0 Å². The van der Waals surface area contributed by atoms with E-state index in [1.807, 2.05) is 73.7 Å². The molecule has 6 heteroatoms. The molecule has 0 saturated carbocycles. The number of nitrogens with zero attached hydrogens (tertiary/aromatic N) is 1. The lowest BCUT2D eigenvalue weighted by Crippen LogP contribution is -2.55. The Labute approximate surface area is 178 Å². The van der Waals surface area contributed by atoms with Crippen LogP contribution in [0, 0.1) is 11.3 Å². The highest BCUT2D eigenvalue weighted by molar-refractivity contribution is 5.16. The molecule has 1 fully saturated rings. The van der Waals surface area contributed by atoms with Crippen LogP contribution in [0.3, 0.4) is 0 Å². The standard InChI is InChI=1S/C24H29NO5/c1-18-21(30-23(2,3)29-18)22(28-15-20-12-8-5-9-13-20)24(26,16-25)17-27-14-19-10-6-4-7-11-19/h4-13,18,21-22,26H,14-15,17H2,1-3H3/t18-,21?,22?,24?/m0/s1. The fourth-order valence-corrected chi connectivity index (χ4v) is 3.62. The smallest absolute Gasteiger partial charge is 0.203 e. The van der Waals surface area contributed by atoms with Crippen LogP contribution >= 0.6 is 0 Å². The Morgan fingerprint density at radius 3 is 2.10 bits per heavy atom. The summed E-state index contributed by atoms with van der Waals surface area (Å²) in [5.41, 5.74) is -0.0277. The third-order valence-electron chi connectivity index (χ3n) is 5.02. The topological polar surface area (TPSA) is 80.9 Å². The van der Waals surface area contributed by atoms with E-state index in [2.05, 4.69) is 0 Å². The highest BCUT2D eigenvalue weighted by Gasteiger charge is 2.52. The lowest BCUT2D eigenvalue weighted by Gasteiger charge is -2.34. The molecule has 30 heavy (non-hydrogen) atoms. The predicted molar refractivity (Wildman–Crippen MR) is 111 cm³/mol. The van der Waals surface area contributed by atoms with Gasteiger partial charge in [-0.05, 0) is 31.9 Å². The van der Waals surface area contributed by atoms with Gasteiger partial charge in [0.15, 0.2) is 5.79 Å². The van der Waals surface area contributed by atoms with E-state index < -0.39 is 23.6 Å². The molecular formula is C24H29NO5. The number of hydrogen-bond acceptors (Lipinski definition) is 6. The summed E-state index contributed by atoms with van der Waals surface area (Å²) < 4.78 is 23.6. The first-order chi connectivity index (χ1) is 14.3. The second-order valence-corrected chi connectivity index (χ2v) is 8.04.